The molecule has 0 unspecified atom stereocenters. The van der Waals surface area contributed by atoms with Gasteiger partial charge in [0.05, 0.1) is 17.3 Å². The number of benzene rings is 1. The number of nitrogens with zero attached hydrogens (tertiary/aromatic N) is 4. The fraction of sp³-hybridized carbons (Fsp3) is 0.333. The summed E-state index contributed by atoms with van der Waals surface area (Å²) in [6.07, 6.45) is 3.98. The fourth-order valence-corrected chi connectivity index (χ4v) is 2.72. The highest BCUT2D eigenvalue weighted by atomic mass is 19.1. The van der Waals surface area contributed by atoms with Crippen LogP contribution < -0.4 is 5.32 Å². The second-order valence-corrected chi connectivity index (χ2v) is 6.50. The molecule has 1 saturated carbocycles. The third kappa shape index (κ3) is 3.22. The molecule has 1 aliphatic rings. The van der Waals surface area contributed by atoms with E-state index in [0.29, 0.717) is 22.9 Å². The van der Waals surface area contributed by atoms with Crippen molar-refractivity contribution in [2.75, 3.05) is 0 Å². The van der Waals surface area contributed by atoms with Gasteiger partial charge in [-0.1, -0.05) is 17.3 Å². The Hall–Kier alpha value is -3.03. The van der Waals surface area contributed by atoms with E-state index in [1.54, 1.807) is 25.3 Å². The van der Waals surface area contributed by atoms with Gasteiger partial charge in [-0.3, -0.25) is 9.48 Å². The molecule has 8 heteroatoms. The number of hydrogen-bond donors (Lipinski definition) is 1. The molecule has 4 rings (SSSR count). The zero-order chi connectivity index (χ0) is 18.3. The number of rotatable bonds is 5. The summed E-state index contributed by atoms with van der Waals surface area (Å²) in [6, 6.07) is 5.87. The van der Waals surface area contributed by atoms with Gasteiger partial charge in [0.25, 0.3) is 5.91 Å². The molecule has 1 aromatic carbocycles. The Labute approximate surface area is 149 Å². The van der Waals surface area contributed by atoms with E-state index in [1.807, 2.05) is 11.6 Å². The molecule has 0 bridgehead atoms. The second kappa shape index (κ2) is 6.36. The zero-order valence-corrected chi connectivity index (χ0v) is 14.4. The van der Waals surface area contributed by atoms with E-state index < -0.39 is 6.04 Å². The monoisotopic (exact) mass is 355 g/mol. The molecule has 7 nitrogen and oxygen atoms in total. The minimum Gasteiger partial charge on any atom is -0.340 e. The van der Waals surface area contributed by atoms with Gasteiger partial charge < -0.3 is 9.84 Å². The van der Waals surface area contributed by atoms with Crippen LogP contribution >= 0.6 is 0 Å². The van der Waals surface area contributed by atoms with Crippen molar-refractivity contribution in [3.8, 4) is 11.4 Å². The molecule has 134 valence electrons. The van der Waals surface area contributed by atoms with Gasteiger partial charge >= 0.3 is 0 Å². The van der Waals surface area contributed by atoms with E-state index in [2.05, 4.69) is 20.6 Å². The highest BCUT2D eigenvalue weighted by molar-refractivity contribution is 5.95. The van der Waals surface area contributed by atoms with Gasteiger partial charge in [-0.15, -0.1) is 0 Å². The van der Waals surface area contributed by atoms with Crippen LogP contribution in [0.2, 0.25) is 0 Å². The van der Waals surface area contributed by atoms with Crippen LogP contribution in [0.5, 0.6) is 0 Å². The molecule has 0 spiro atoms. The van der Waals surface area contributed by atoms with Gasteiger partial charge in [0, 0.05) is 11.8 Å². The summed E-state index contributed by atoms with van der Waals surface area (Å²) in [4.78, 5) is 16.8. The first kappa shape index (κ1) is 16.4. The van der Waals surface area contributed by atoms with Crippen LogP contribution in [0.4, 0.5) is 4.39 Å². The van der Waals surface area contributed by atoms with Crippen molar-refractivity contribution in [3.05, 3.63) is 53.4 Å². The number of aromatic nitrogens is 4. The molecule has 26 heavy (non-hydrogen) atoms. The number of carbonyl (C=O) groups is 1. The standard InChI is InChI=1S/C18H18FN5O2/c1-10-15(9-24(22-10)14-6-7-14)17(25)20-11(2)18-21-16(23-26-18)12-4-3-5-13(19)8-12/h3-5,8-9,11,14H,6-7H2,1-2H3,(H,20,25)/t11-/m0/s1. The van der Waals surface area contributed by atoms with Crippen LogP contribution in [0.1, 0.15) is 53.8 Å². The van der Waals surface area contributed by atoms with Gasteiger partial charge in [0.1, 0.15) is 11.9 Å². The maximum Gasteiger partial charge on any atom is 0.255 e. The number of aryl methyl sites for hydroxylation is 1. The van der Waals surface area contributed by atoms with Crippen LogP contribution in [0.15, 0.2) is 35.0 Å². The quantitative estimate of drug-likeness (QED) is 0.759. The van der Waals surface area contributed by atoms with E-state index >= 15 is 0 Å². The average molecular weight is 355 g/mol. The molecule has 0 radical (unpaired) electrons. The predicted octanol–water partition coefficient (Wildman–Crippen LogP) is 3.21. The Morgan fingerprint density at radius 3 is 2.96 bits per heavy atom. The summed E-state index contributed by atoms with van der Waals surface area (Å²) in [6.45, 7) is 3.56. The highest BCUT2D eigenvalue weighted by Gasteiger charge is 2.27. The lowest BCUT2D eigenvalue weighted by molar-refractivity contribution is 0.0932. The molecule has 1 N–H and O–H groups in total. The van der Waals surface area contributed by atoms with E-state index in [9.17, 15) is 9.18 Å². The van der Waals surface area contributed by atoms with E-state index in [0.717, 1.165) is 12.8 Å². The summed E-state index contributed by atoms with van der Waals surface area (Å²) < 4.78 is 20.4. The molecule has 1 atom stereocenters. The SMILES string of the molecule is Cc1nn(C2CC2)cc1C(=O)N[C@@H](C)c1nc(-c2cccc(F)c2)no1. The molecule has 0 saturated heterocycles. The maximum atomic E-state index is 13.3. The number of hydrogen-bond acceptors (Lipinski definition) is 5. The molecule has 2 aromatic heterocycles. The Balaban J connectivity index is 1.48. The van der Waals surface area contributed by atoms with Crippen LogP contribution in [0.3, 0.4) is 0 Å². The summed E-state index contributed by atoms with van der Waals surface area (Å²) in [5.74, 6) is -0.0889. The Bertz CT molecular complexity index is 960. The summed E-state index contributed by atoms with van der Waals surface area (Å²) in [5, 5.41) is 11.1. The first-order chi connectivity index (χ1) is 12.5. The van der Waals surface area contributed by atoms with Crippen molar-refractivity contribution in [3.63, 3.8) is 0 Å². The highest BCUT2D eigenvalue weighted by Crippen LogP contribution is 2.34. The lowest BCUT2D eigenvalue weighted by Crippen LogP contribution is -2.27. The number of carbonyl (C=O) groups excluding carboxylic acids is 1. The predicted molar refractivity (Wildman–Crippen MR) is 90.8 cm³/mol. The van der Waals surface area contributed by atoms with Crippen molar-refractivity contribution in [1.29, 1.82) is 0 Å². The van der Waals surface area contributed by atoms with Gasteiger partial charge in [-0.25, -0.2) is 4.39 Å². The molecular weight excluding hydrogens is 337 g/mol. The van der Waals surface area contributed by atoms with Gasteiger partial charge in [0.15, 0.2) is 0 Å². The molecule has 1 fully saturated rings. The summed E-state index contributed by atoms with van der Waals surface area (Å²) >= 11 is 0. The third-order valence-corrected chi connectivity index (χ3v) is 4.32. The van der Waals surface area contributed by atoms with Crippen molar-refractivity contribution in [2.45, 2.75) is 38.8 Å². The van der Waals surface area contributed by atoms with Crippen LogP contribution in [-0.2, 0) is 0 Å². The average Bonchev–Trinajstić information content (AvgIpc) is 3.20. The lowest BCUT2D eigenvalue weighted by atomic mass is 10.2. The minimum atomic E-state index is -0.485. The van der Waals surface area contributed by atoms with E-state index in [4.69, 9.17) is 4.52 Å². The van der Waals surface area contributed by atoms with Crippen molar-refractivity contribution >= 4 is 5.91 Å². The fourth-order valence-electron chi connectivity index (χ4n) is 2.72. The van der Waals surface area contributed by atoms with Gasteiger partial charge in [-0.05, 0) is 38.8 Å². The summed E-state index contributed by atoms with van der Waals surface area (Å²) in [7, 11) is 0. The van der Waals surface area contributed by atoms with Crippen molar-refractivity contribution < 1.29 is 13.7 Å². The van der Waals surface area contributed by atoms with E-state index in [-0.39, 0.29) is 23.4 Å². The third-order valence-electron chi connectivity index (χ3n) is 4.32. The van der Waals surface area contributed by atoms with E-state index in [1.165, 1.54) is 12.1 Å². The number of amides is 1. The van der Waals surface area contributed by atoms with Crippen molar-refractivity contribution in [2.24, 2.45) is 0 Å². The molecule has 0 aliphatic heterocycles. The van der Waals surface area contributed by atoms with Crippen molar-refractivity contribution in [1.82, 2.24) is 25.2 Å². The Kier molecular flexibility index (Phi) is 4.02. The first-order valence-electron chi connectivity index (χ1n) is 8.47. The van der Waals surface area contributed by atoms with Crippen LogP contribution in [0, 0.1) is 12.7 Å². The minimum absolute atomic E-state index is 0.243. The number of nitrogens with one attached hydrogen (secondary N) is 1. The topological polar surface area (TPSA) is 85.8 Å². The molecular formula is C18H18FN5O2. The Morgan fingerprint density at radius 1 is 1.42 bits per heavy atom. The molecule has 1 aliphatic carbocycles. The second-order valence-electron chi connectivity index (χ2n) is 6.50. The lowest BCUT2D eigenvalue weighted by Gasteiger charge is -2.08. The summed E-state index contributed by atoms with van der Waals surface area (Å²) in [5.41, 5.74) is 1.74. The first-order valence-corrected chi connectivity index (χ1v) is 8.47. The molecule has 1 amide bonds. The smallest absolute Gasteiger partial charge is 0.255 e. The normalized spacial score (nSPS) is 15.0. The molecule has 2 heterocycles. The Morgan fingerprint density at radius 2 is 2.23 bits per heavy atom. The van der Waals surface area contributed by atoms with Gasteiger partial charge in [-0.2, -0.15) is 10.1 Å². The van der Waals surface area contributed by atoms with Gasteiger partial charge in [0.2, 0.25) is 11.7 Å². The molecule has 3 aromatic rings. The maximum absolute atomic E-state index is 13.3. The van der Waals surface area contributed by atoms with Crippen LogP contribution in [0.25, 0.3) is 11.4 Å². The largest absolute Gasteiger partial charge is 0.340 e. The van der Waals surface area contributed by atoms with Crippen LogP contribution in [-0.4, -0.2) is 25.8 Å². The number of halogens is 1. The zero-order valence-electron chi connectivity index (χ0n) is 14.4.